The number of nitrogens with zero attached hydrogens (tertiary/aromatic N) is 3. The maximum atomic E-state index is 12.0. The number of hydrogen-bond acceptors (Lipinski definition) is 7. The van der Waals surface area contributed by atoms with Gasteiger partial charge < -0.3 is 10.1 Å². The molecule has 1 aromatic heterocycles. The van der Waals surface area contributed by atoms with Crippen molar-refractivity contribution in [2.45, 2.75) is 19.8 Å². The summed E-state index contributed by atoms with van der Waals surface area (Å²) >= 11 is 0. The van der Waals surface area contributed by atoms with E-state index in [1.54, 1.807) is 0 Å². The molecule has 7 nitrogen and oxygen atoms in total. The zero-order valence-electron chi connectivity index (χ0n) is 9.28. The number of nitrogens with one attached hydrogen (secondary N) is 2. The first kappa shape index (κ1) is 13.3. The lowest BCUT2D eigenvalue weighted by molar-refractivity contribution is 0.163. The molecule has 0 aromatic carbocycles. The Morgan fingerprint density at radius 1 is 1.29 bits per heavy atom. The summed E-state index contributed by atoms with van der Waals surface area (Å²) in [5.41, 5.74) is 2.20. The number of hydrogen-bond donors (Lipinski definition) is 3. The lowest BCUT2D eigenvalue weighted by Gasteiger charge is -2.08. The van der Waals surface area contributed by atoms with E-state index in [1.807, 2.05) is 6.92 Å². The topological polar surface area (TPSA) is 98.0 Å². The number of anilines is 2. The zero-order chi connectivity index (χ0) is 12.7. The van der Waals surface area contributed by atoms with Gasteiger partial charge in [0.2, 0.25) is 11.9 Å². The van der Waals surface area contributed by atoms with Crippen LogP contribution in [0.5, 0.6) is 6.01 Å². The molecule has 0 aliphatic rings. The van der Waals surface area contributed by atoms with Crippen molar-refractivity contribution in [3.8, 4) is 6.01 Å². The van der Waals surface area contributed by atoms with Crippen LogP contribution in [0.2, 0.25) is 0 Å². The summed E-state index contributed by atoms with van der Waals surface area (Å²) in [5.74, 6) is 5.17. The van der Waals surface area contributed by atoms with E-state index in [9.17, 15) is 8.78 Å². The lowest BCUT2D eigenvalue weighted by atomic mass is 10.5. The molecule has 17 heavy (non-hydrogen) atoms. The second-order valence-electron chi connectivity index (χ2n) is 3.03. The zero-order valence-corrected chi connectivity index (χ0v) is 9.28. The molecule has 0 spiro atoms. The second-order valence-corrected chi connectivity index (χ2v) is 3.03. The van der Waals surface area contributed by atoms with Crippen LogP contribution in [0, 0.1) is 0 Å². The summed E-state index contributed by atoms with van der Waals surface area (Å²) < 4.78 is 29.2. The first-order valence-corrected chi connectivity index (χ1v) is 5.03. The van der Waals surface area contributed by atoms with Crippen molar-refractivity contribution in [2.75, 3.05) is 23.9 Å². The summed E-state index contributed by atoms with van der Waals surface area (Å²) in [6.45, 7) is 1.78. The second kappa shape index (κ2) is 6.74. The van der Waals surface area contributed by atoms with Gasteiger partial charge in [0.1, 0.15) is 0 Å². The number of nitrogen functional groups attached to an aromatic ring is 1. The Hall–Kier alpha value is -1.77. The molecule has 0 atom stereocenters. The highest BCUT2D eigenvalue weighted by atomic mass is 19.3. The maximum absolute atomic E-state index is 12.0. The number of ether oxygens (including phenoxy) is 1. The monoisotopic (exact) mass is 248 g/mol. The molecule has 0 bridgehead atoms. The first-order chi connectivity index (χ1) is 8.15. The molecule has 1 rings (SSSR count). The van der Waals surface area contributed by atoms with Crippen LogP contribution in [0.15, 0.2) is 0 Å². The molecule has 0 fully saturated rings. The van der Waals surface area contributed by atoms with Crippen LogP contribution in [0.25, 0.3) is 0 Å². The van der Waals surface area contributed by atoms with E-state index in [0.717, 1.165) is 6.42 Å². The van der Waals surface area contributed by atoms with Crippen LogP contribution in [0.4, 0.5) is 20.7 Å². The Kier molecular flexibility index (Phi) is 5.27. The van der Waals surface area contributed by atoms with E-state index >= 15 is 0 Å². The average Bonchev–Trinajstić information content (AvgIpc) is 2.33. The van der Waals surface area contributed by atoms with Crippen molar-refractivity contribution in [2.24, 2.45) is 5.84 Å². The fraction of sp³-hybridized carbons (Fsp3) is 0.625. The molecule has 0 amide bonds. The summed E-state index contributed by atoms with van der Waals surface area (Å²) in [6, 6.07) is 0.0339. The summed E-state index contributed by atoms with van der Waals surface area (Å²) in [6.07, 6.45) is -1.72. The molecule has 1 aromatic rings. The summed E-state index contributed by atoms with van der Waals surface area (Å²) in [4.78, 5) is 11.4. The lowest BCUT2D eigenvalue weighted by Crippen LogP contribution is -2.17. The number of halogens is 2. The Morgan fingerprint density at radius 3 is 2.59 bits per heavy atom. The molecule has 4 N–H and O–H groups in total. The minimum absolute atomic E-state index is 0.0145. The normalized spacial score (nSPS) is 10.4. The van der Waals surface area contributed by atoms with Gasteiger partial charge in [-0.2, -0.15) is 15.0 Å². The molecular formula is C8H14F2N6O. The molecule has 1 heterocycles. The third kappa shape index (κ3) is 4.72. The van der Waals surface area contributed by atoms with Crippen LogP contribution in [-0.2, 0) is 0 Å². The van der Waals surface area contributed by atoms with Gasteiger partial charge in [0.15, 0.2) is 0 Å². The van der Waals surface area contributed by atoms with Gasteiger partial charge in [0.25, 0.3) is 6.43 Å². The van der Waals surface area contributed by atoms with Gasteiger partial charge in [-0.05, 0) is 6.42 Å². The average molecular weight is 248 g/mol. The Morgan fingerprint density at radius 2 is 2.00 bits per heavy atom. The number of aromatic nitrogens is 3. The predicted molar refractivity (Wildman–Crippen MR) is 57.9 cm³/mol. The highest BCUT2D eigenvalue weighted by Gasteiger charge is 2.08. The Labute approximate surface area is 96.8 Å². The van der Waals surface area contributed by atoms with Gasteiger partial charge in [0, 0.05) is 0 Å². The molecule has 0 aliphatic carbocycles. The predicted octanol–water partition coefficient (Wildman–Crippen LogP) is 0.623. The van der Waals surface area contributed by atoms with E-state index in [1.165, 1.54) is 0 Å². The van der Waals surface area contributed by atoms with Gasteiger partial charge in [-0.25, -0.2) is 14.6 Å². The molecule has 0 saturated carbocycles. The van der Waals surface area contributed by atoms with Gasteiger partial charge in [-0.15, -0.1) is 0 Å². The fourth-order valence-electron chi connectivity index (χ4n) is 0.926. The largest absolute Gasteiger partial charge is 0.463 e. The highest BCUT2D eigenvalue weighted by Crippen LogP contribution is 2.10. The van der Waals surface area contributed by atoms with Crippen LogP contribution in [0.1, 0.15) is 13.3 Å². The SMILES string of the molecule is CCCOc1nc(NN)nc(NCC(F)F)n1. The van der Waals surface area contributed by atoms with Gasteiger partial charge in [-0.3, -0.25) is 5.43 Å². The van der Waals surface area contributed by atoms with E-state index < -0.39 is 13.0 Å². The molecule has 9 heteroatoms. The quantitative estimate of drug-likeness (QED) is 0.480. The summed E-state index contributed by atoms with van der Waals surface area (Å²) in [7, 11) is 0. The van der Waals surface area contributed by atoms with Gasteiger partial charge >= 0.3 is 6.01 Å². The van der Waals surface area contributed by atoms with Gasteiger partial charge in [0.05, 0.1) is 13.2 Å². The van der Waals surface area contributed by atoms with E-state index in [0.29, 0.717) is 6.61 Å². The van der Waals surface area contributed by atoms with Crippen molar-refractivity contribution in [1.29, 1.82) is 0 Å². The minimum atomic E-state index is -2.50. The van der Waals surface area contributed by atoms with Crippen LogP contribution >= 0.6 is 0 Å². The van der Waals surface area contributed by atoms with Crippen molar-refractivity contribution in [1.82, 2.24) is 15.0 Å². The highest BCUT2D eigenvalue weighted by molar-refractivity contribution is 5.34. The van der Waals surface area contributed by atoms with E-state index in [2.05, 4.69) is 25.7 Å². The Balaban J connectivity index is 2.73. The molecular weight excluding hydrogens is 234 g/mol. The van der Waals surface area contributed by atoms with E-state index in [-0.39, 0.29) is 17.9 Å². The number of alkyl halides is 2. The van der Waals surface area contributed by atoms with Crippen molar-refractivity contribution in [3.63, 3.8) is 0 Å². The van der Waals surface area contributed by atoms with Crippen molar-refractivity contribution < 1.29 is 13.5 Å². The van der Waals surface area contributed by atoms with E-state index in [4.69, 9.17) is 10.6 Å². The molecule has 0 aliphatic heterocycles. The first-order valence-electron chi connectivity index (χ1n) is 5.03. The fourth-order valence-corrected chi connectivity index (χ4v) is 0.926. The van der Waals surface area contributed by atoms with Crippen LogP contribution in [0.3, 0.4) is 0 Å². The standard InChI is InChI=1S/C8H14F2N6O/c1-2-3-17-8-14-6(12-4-5(9)10)13-7(15-8)16-11/h5H,2-4,11H2,1H3,(H2,12,13,14,15,16). The van der Waals surface area contributed by atoms with Crippen LogP contribution in [-0.4, -0.2) is 34.5 Å². The number of nitrogens with two attached hydrogens (primary N) is 1. The molecule has 96 valence electrons. The van der Waals surface area contributed by atoms with Crippen LogP contribution < -0.4 is 21.3 Å². The number of hydrazine groups is 1. The van der Waals surface area contributed by atoms with Crippen molar-refractivity contribution in [3.05, 3.63) is 0 Å². The third-order valence-electron chi connectivity index (χ3n) is 1.59. The van der Waals surface area contributed by atoms with Gasteiger partial charge in [-0.1, -0.05) is 6.92 Å². The smallest absolute Gasteiger partial charge is 0.323 e. The molecule has 0 saturated heterocycles. The summed E-state index contributed by atoms with van der Waals surface area (Å²) in [5, 5.41) is 2.35. The maximum Gasteiger partial charge on any atom is 0.323 e. The molecule has 0 unspecified atom stereocenters. The minimum Gasteiger partial charge on any atom is -0.463 e. The third-order valence-corrected chi connectivity index (χ3v) is 1.59. The van der Waals surface area contributed by atoms with Crippen molar-refractivity contribution >= 4 is 11.9 Å². The Bertz CT molecular complexity index is 351. The molecule has 0 radical (unpaired) electrons. The number of rotatable bonds is 7.